The Morgan fingerprint density at radius 3 is 2.75 bits per heavy atom. The van der Waals surface area contributed by atoms with Gasteiger partial charge in [0.1, 0.15) is 10.7 Å². The second-order valence-corrected chi connectivity index (χ2v) is 6.75. The Balaban J connectivity index is 2.19. The first-order chi connectivity index (χ1) is 9.38. The molecule has 1 heterocycles. The highest BCUT2D eigenvalue weighted by molar-refractivity contribution is 9.10. The van der Waals surface area contributed by atoms with Crippen molar-refractivity contribution in [2.45, 2.75) is 18.4 Å². The van der Waals surface area contributed by atoms with Crippen molar-refractivity contribution < 1.29 is 8.42 Å². The summed E-state index contributed by atoms with van der Waals surface area (Å²) in [7, 11) is -3.67. The van der Waals surface area contributed by atoms with Gasteiger partial charge in [0.25, 0.3) is 0 Å². The van der Waals surface area contributed by atoms with E-state index in [1.54, 1.807) is 31.3 Å². The zero-order valence-corrected chi connectivity index (χ0v) is 13.1. The van der Waals surface area contributed by atoms with Gasteiger partial charge in [-0.3, -0.25) is 0 Å². The molecule has 0 saturated carbocycles. The maximum absolute atomic E-state index is 12.2. The molecule has 106 valence electrons. The molecule has 0 unspecified atom stereocenters. The van der Waals surface area contributed by atoms with E-state index >= 15 is 0 Å². The van der Waals surface area contributed by atoms with Gasteiger partial charge in [-0.15, -0.1) is 0 Å². The smallest absolute Gasteiger partial charge is 0.242 e. The van der Waals surface area contributed by atoms with Crippen LogP contribution >= 0.6 is 15.9 Å². The number of sulfonamides is 1. The number of benzene rings is 1. The largest absolute Gasteiger partial charge is 0.398 e. The van der Waals surface area contributed by atoms with Crippen LogP contribution in [0.2, 0.25) is 0 Å². The third kappa shape index (κ3) is 3.53. The Bertz CT molecular complexity index is 734. The number of halogens is 1. The minimum atomic E-state index is -3.67. The molecule has 0 aliphatic rings. The molecule has 8 heteroatoms. The lowest BCUT2D eigenvalue weighted by atomic mass is 10.3. The monoisotopic (exact) mass is 356 g/mol. The first-order valence-corrected chi connectivity index (χ1v) is 7.99. The van der Waals surface area contributed by atoms with Crippen LogP contribution in [-0.4, -0.2) is 18.4 Å². The Hall–Kier alpha value is -1.51. The van der Waals surface area contributed by atoms with Crippen LogP contribution in [0.15, 0.2) is 39.8 Å². The van der Waals surface area contributed by atoms with Crippen molar-refractivity contribution in [2.24, 2.45) is 0 Å². The van der Waals surface area contributed by atoms with Crippen LogP contribution in [0, 0.1) is 6.92 Å². The van der Waals surface area contributed by atoms with Gasteiger partial charge in [-0.25, -0.2) is 23.1 Å². The summed E-state index contributed by atoms with van der Waals surface area (Å²) in [5.41, 5.74) is 6.51. The SMILES string of the molecule is Cc1nccc(CNS(=O)(=O)c2ccc(Br)cc2N)n1. The molecular formula is C12H13BrN4O2S. The molecule has 0 saturated heterocycles. The van der Waals surface area contributed by atoms with E-state index in [0.29, 0.717) is 11.5 Å². The molecule has 0 bridgehead atoms. The summed E-state index contributed by atoms with van der Waals surface area (Å²) in [6, 6.07) is 6.27. The number of hydrogen-bond donors (Lipinski definition) is 2. The van der Waals surface area contributed by atoms with Crippen molar-refractivity contribution in [2.75, 3.05) is 5.73 Å². The Morgan fingerprint density at radius 2 is 2.10 bits per heavy atom. The number of anilines is 1. The highest BCUT2D eigenvalue weighted by Crippen LogP contribution is 2.22. The second-order valence-electron chi connectivity index (χ2n) is 4.10. The predicted molar refractivity (Wildman–Crippen MR) is 79.3 cm³/mol. The Kier molecular flexibility index (Phi) is 4.36. The second kappa shape index (κ2) is 5.86. The maximum Gasteiger partial charge on any atom is 0.242 e. The van der Waals surface area contributed by atoms with Crippen LogP contribution in [0.3, 0.4) is 0 Å². The van der Waals surface area contributed by atoms with Crippen molar-refractivity contribution in [3.63, 3.8) is 0 Å². The number of aryl methyl sites for hydroxylation is 1. The zero-order valence-electron chi connectivity index (χ0n) is 10.7. The number of nitrogens with one attached hydrogen (secondary N) is 1. The summed E-state index contributed by atoms with van der Waals surface area (Å²) in [6.07, 6.45) is 1.58. The standard InChI is InChI=1S/C12H13BrN4O2S/c1-8-15-5-4-10(17-8)7-16-20(18,19)12-3-2-9(13)6-11(12)14/h2-6,16H,7,14H2,1H3. The molecule has 1 aromatic heterocycles. The van der Waals surface area contributed by atoms with Gasteiger partial charge in [0.15, 0.2) is 0 Å². The van der Waals surface area contributed by atoms with Crippen LogP contribution in [0.25, 0.3) is 0 Å². The maximum atomic E-state index is 12.2. The molecule has 0 radical (unpaired) electrons. The molecule has 0 atom stereocenters. The number of nitrogens with zero attached hydrogens (tertiary/aromatic N) is 2. The fourth-order valence-electron chi connectivity index (χ4n) is 1.61. The Labute approximate surface area is 125 Å². The predicted octanol–water partition coefficient (Wildman–Crippen LogP) is 1.61. The van der Waals surface area contributed by atoms with Gasteiger partial charge in [0.05, 0.1) is 17.9 Å². The van der Waals surface area contributed by atoms with E-state index in [1.807, 2.05) is 0 Å². The lowest BCUT2D eigenvalue weighted by molar-refractivity contribution is 0.580. The van der Waals surface area contributed by atoms with Gasteiger partial charge in [-0.1, -0.05) is 15.9 Å². The van der Waals surface area contributed by atoms with Crippen LogP contribution in [0.1, 0.15) is 11.5 Å². The normalized spacial score (nSPS) is 11.5. The molecule has 2 aromatic rings. The van der Waals surface area contributed by atoms with Crippen LogP contribution in [0.4, 0.5) is 5.69 Å². The zero-order chi connectivity index (χ0) is 14.8. The molecule has 2 rings (SSSR count). The number of nitrogen functional groups attached to an aromatic ring is 1. The molecule has 0 aliphatic carbocycles. The molecule has 0 aliphatic heterocycles. The van der Waals surface area contributed by atoms with Gasteiger partial charge >= 0.3 is 0 Å². The van der Waals surface area contributed by atoms with Crippen LogP contribution in [-0.2, 0) is 16.6 Å². The first kappa shape index (κ1) is 14.9. The minimum Gasteiger partial charge on any atom is -0.398 e. The van der Waals surface area contributed by atoms with Gasteiger partial charge in [0.2, 0.25) is 10.0 Å². The van der Waals surface area contributed by atoms with Crippen molar-refractivity contribution in [1.82, 2.24) is 14.7 Å². The summed E-state index contributed by atoms with van der Waals surface area (Å²) < 4.78 is 27.5. The summed E-state index contributed by atoms with van der Waals surface area (Å²) in [6.45, 7) is 1.83. The topological polar surface area (TPSA) is 98.0 Å². The first-order valence-electron chi connectivity index (χ1n) is 5.72. The number of rotatable bonds is 4. The van der Waals surface area contributed by atoms with Gasteiger partial charge in [-0.05, 0) is 31.2 Å². The van der Waals surface area contributed by atoms with E-state index < -0.39 is 10.0 Å². The van der Waals surface area contributed by atoms with E-state index in [-0.39, 0.29) is 17.1 Å². The molecule has 6 nitrogen and oxygen atoms in total. The highest BCUT2D eigenvalue weighted by Gasteiger charge is 2.17. The van der Waals surface area contributed by atoms with Gasteiger partial charge in [0, 0.05) is 10.7 Å². The number of nitrogens with two attached hydrogens (primary N) is 1. The van der Waals surface area contributed by atoms with Crippen LogP contribution < -0.4 is 10.5 Å². The lowest BCUT2D eigenvalue weighted by Gasteiger charge is -2.09. The van der Waals surface area contributed by atoms with Gasteiger partial charge < -0.3 is 5.73 Å². The highest BCUT2D eigenvalue weighted by atomic mass is 79.9. The van der Waals surface area contributed by atoms with E-state index in [4.69, 9.17) is 5.73 Å². The third-order valence-corrected chi connectivity index (χ3v) is 4.51. The molecule has 0 fully saturated rings. The van der Waals surface area contributed by atoms with Crippen molar-refractivity contribution in [1.29, 1.82) is 0 Å². The Morgan fingerprint density at radius 1 is 1.35 bits per heavy atom. The lowest BCUT2D eigenvalue weighted by Crippen LogP contribution is -2.24. The molecule has 0 spiro atoms. The number of aromatic nitrogens is 2. The molecular weight excluding hydrogens is 344 g/mol. The van der Waals surface area contributed by atoms with Crippen molar-refractivity contribution >= 4 is 31.6 Å². The average Bonchev–Trinajstić information content (AvgIpc) is 2.36. The quantitative estimate of drug-likeness (QED) is 0.810. The third-order valence-electron chi connectivity index (χ3n) is 2.54. The molecule has 0 amide bonds. The fraction of sp³-hybridized carbons (Fsp3) is 0.167. The molecule has 3 N–H and O–H groups in total. The van der Waals surface area contributed by atoms with E-state index in [0.717, 1.165) is 4.47 Å². The summed E-state index contributed by atoms with van der Waals surface area (Å²) >= 11 is 3.23. The fourth-order valence-corrected chi connectivity index (χ4v) is 3.10. The minimum absolute atomic E-state index is 0.0477. The summed E-state index contributed by atoms with van der Waals surface area (Å²) in [5.74, 6) is 0.588. The summed E-state index contributed by atoms with van der Waals surface area (Å²) in [5, 5.41) is 0. The summed E-state index contributed by atoms with van der Waals surface area (Å²) in [4.78, 5) is 8.13. The van der Waals surface area contributed by atoms with E-state index in [1.165, 1.54) is 6.07 Å². The molecule has 1 aromatic carbocycles. The van der Waals surface area contributed by atoms with E-state index in [9.17, 15) is 8.42 Å². The molecule has 20 heavy (non-hydrogen) atoms. The van der Waals surface area contributed by atoms with E-state index in [2.05, 4.69) is 30.6 Å². The van der Waals surface area contributed by atoms with Crippen LogP contribution in [0.5, 0.6) is 0 Å². The van der Waals surface area contributed by atoms with Gasteiger partial charge in [-0.2, -0.15) is 0 Å². The van der Waals surface area contributed by atoms with Crippen molar-refractivity contribution in [3.05, 3.63) is 46.5 Å². The van der Waals surface area contributed by atoms with Crippen molar-refractivity contribution in [3.8, 4) is 0 Å². The average molecular weight is 357 g/mol. The number of hydrogen-bond acceptors (Lipinski definition) is 5.